The molecule has 3 N–H and O–H groups in total. The first kappa shape index (κ1) is 12.2. The maximum Gasteiger partial charge on any atom is 0.134 e. The van der Waals surface area contributed by atoms with Gasteiger partial charge in [-0.25, -0.2) is 0 Å². The zero-order chi connectivity index (χ0) is 13.4. The summed E-state index contributed by atoms with van der Waals surface area (Å²) in [4.78, 5) is 0. The van der Waals surface area contributed by atoms with Gasteiger partial charge < -0.3 is 15.5 Å². The molecule has 0 saturated carbocycles. The molecule has 0 aromatic heterocycles. The summed E-state index contributed by atoms with van der Waals surface area (Å²) in [5.41, 5.74) is 3.01. The highest BCUT2D eigenvalue weighted by atomic mass is 35.5. The van der Waals surface area contributed by atoms with Crippen LogP contribution in [0.2, 0.25) is 5.02 Å². The highest BCUT2D eigenvalue weighted by Gasteiger charge is 2.24. The molecule has 0 saturated heterocycles. The number of nitrogens with one attached hydrogen (secondary N) is 1. The number of phenols is 2. The van der Waals surface area contributed by atoms with Crippen LogP contribution in [0.1, 0.15) is 23.6 Å². The summed E-state index contributed by atoms with van der Waals surface area (Å²) < 4.78 is 0. The molecule has 2 aromatic carbocycles. The van der Waals surface area contributed by atoms with Crippen LogP contribution in [0.5, 0.6) is 11.5 Å². The van der Waals surface area contributed by atoms with Crippen LogP contribution in [0, 0.1) is 0 Å². The third-order valence-corrected chi connectivity index (χ3v) is 3.84. The maximum absolute atomic E-state index is 9.81. The van der Waals surface area contributed by atoms with Crippen molar-refractivity contribution >= 4 is 17.3 Å². The van der Waals surface area contributed by atoms with Crippen molar-refractivity contribution in [2.75, 3.05) is 5.32 Å². The molecule has 1 aliphatic rings. The lowest BCUT2D eigenvalue weighted by Crippen LogP contribution is -2.06. The second-order valence-electron chi connectivity index (χ2n) is 4.75. The van der Waals surface area contributed by atoms with Gasteiger partial charge in [-0.05, 0) is 48.2 Å². The molecule has 3 rings (SSSR count). The molecule has 0 spiro atoms. The van der Waals surface area contributed by atoms with E-state index < -0.39 is 0 Å². The van der Waals surface area contributed by atoms with Crippen molar-refractivity contribution in [1.82, 2.24) is 0 Å². The van der Waals surface area contributed by atoms with Gasteiger partial charge >= 0.3 is 0 Å². The summed E-state index contributed by atoms with van der Waals surface area (Å²) in [6.45, 7) is 0. The minimum atomic E-state index is 0.0803. The maximum atomic E-state index is 9.81. The molecule has 0 amide bonds. The first-order valence-corrected chi connectivity index (χ1v) is 6.59. The van der Waals surface area contributed by atoms with Gasteiger partial charge in [0, 0.05) is 5.69 Å². The van der Waals surface area contributed by atoms with Crippen LogP contribution in [-0.2, 0) is 6.42 Å². The number of hydrogen-bond acceptors (Lipinski definition) is 3. The van der Waals surface area contributed by atoms with Gasteiger partial charge in [-0.15, -0.1) is 0 Å². The van der Waals surface area contributed by atoms with Crippen LogP contribution in [0.25, 0.3) is 0 Å². The van der Waals surface area contributed by atoms with Crippen molar-refractivity contribution in [3.63, 3.8) is 0 Å². The van der Waals surface area contributed by atoms with Gasteiger partial charge in [0.15, 0.2) is 0 Å². The van der Waals surface area contributed by atoms with Gasteiger partial charge in [-0.2, -0.15) is 0 Å². The molecule has 19 heavy (non-hydrogen) atoms. The zero-order valence-electron chi connectivity index (χ0n) is 10.2. The Hall–Kier alpha value is -1.87. The third-order valence-electron chi connectivity index (χ3n) is 3.53. The Labute approximate surface area is 116 Å². The van der Waals surface area contributed by atoms with E-state index in [9.17, 15) is 10.2 Å². The van der Waals surface area contributed by atoms with E-state index in [1.165, 1.54) is 0 Å². The van der Waals surface area contributed by atoms with Crippen molar-refractivity contribution < 1.29 is 10.2 Å². The predicted molar refractivity (Wildman–Crippen MR) is 75.9 cm³/mol. The third kappa shape index (κ3) is 2.22. The zero-order valence-corrected chi connectivity index (χ0v) is 11.0. The molecule has 1 unspecified atom stereocenters. The molecule has 98 valence electrons. The second kappa shape index (κ2) is 4.67. The van der Waals surface area contributed by atoms with Crippen LogP contribution < -0.4 is 5.32 Å². The Kier molecular flexibility index (Phi) is 2.99. The summed E-state index contributed by atoms with van der Waals surface area (Å²) in [6.07, 6.45) is 1.80. The number of fused-ring (bicyclic) bond motifs is 1. The van der Waals surface area contributed by atoms with Crippen molar-refractivity contribution in [1.29, 1.82) is 0 Å². The molecule has 0 heterocycles. The molecule has 0 radical (unpaired) electrons. The monoisotopic (exact) mass is 275 g/mol. The van der Waals surface area contributed by atoms with Crippen LogP contribution in [-0.4, -0.2) is 10.2 Å². The van der Waals surface area contributed by atoms with Gasteiger partial charge in [0.2, 0.25) is 0 Å². The summed E-state index contributed by atoms with van der Waals surface area (Å²) in [5.74, 6) is 0.447. The van der Waals surface area contributed by atoms with Crippen LogP contribution in [0.4, 0.5) is 5.69 Å². The van der Waals surface area contributed by atoms with Gasteiger partial charge in [-0.1, -0.05) is 23.7 Å². The summed E-state index contributed by atoms with van der Waals surface area (Å²) in [6, 6.07) is 10.9. The first-order valence-electron chi connectivity index (χ1n) is 6.21. The minimum Gasteiger partial charge on any atom is -0.508 e. The first-order chi connectivity index (χ1) is 9.15. The number of rotatable bonds is 2. The van der Waals surface area contributed by atoms with Gasteiger partial charge in [0.05, 0.1) is 11.1 Å². The number of aromatic hydroxyl groups is 2. The molecule has 1 atom stereocenters. The van der Waals surface area contributed by atoms with E-state index in [-0.39, 0.29) is 11.8 Å². The van der Waals surface area contributed by atoms with E-state index in [0.717, 1.165) is 29.7 Å². The quantitative estimate of drug-likeness (QED) is 0.730. The number of benzene rings is 2. The average molecular weight is 276 g/mol. The summed E-state index contributed by atoms with van der Waals surface area (Å²) in [7, 11) is 0. The van der Waals surface area contributed by atoms with Crippen LogP contribution in [0.3, 0.4) is 0 Å². The van der Waals surface area contributed by atoms with E-state index in [1.54, 1.807) is 24.3 Å². The smallest absolute Gasteiger partial charge is 0.134 e. The van der Waals surface area contributed by atoms with E-state index in [2.05, 4.69) is 5.32 Å². The molecule has 0 fully saturated rings. The average Bonchev–Trinajstić information content (AvgIpc) is 2.79. The molecule has 2 aromatic rings. The second-order valence-corrected chi connectivity index (χ2v) is 5.15. The molecule has 1 aliphatic carbocycles. The molecular formula is C15H14ClNO2. The van der Waals surface area contributed by atoms with E-state index in [0.29, 0.717) is 10.8 Å². The predicted octanol–water partition coefficient (Wildman–Crippen LogP) is 3.85. The Morgan fingerprint density at radius 3 is 2.74 bits per heavy atom. The van der Waals surface area contributed by atoms with E-state index in [1.807, 2.05) is 12.1 Å². The molecular weight excluding hydrogens is 262 g/mol. The standard InChI is InChI=1S/C15H14ClNO2/c16-12-8-9(4-7-15(12)19)17-13-6-5-11-10(13)2-1-3-14(11)18/h1-4,7-8,13,17-19H,5-6H2. The fourth-order valence-corrected chi connectivity index (χ4v) is 2.76. The van der Waals surface area contributed by atoms with E-state index >= 15 is 0 Å². The molecule has 0 aliphatic heterocycles. The number of phenolic OH excluding ortho intramolecular Hbond substituents is 2. The Morgan fingerprint density at radius 2 is 1.95 bits per heavy atom. The Bertz CT molecular complexity index is 628. The number of hydrogen-bond donors (Lipinski definition) is 3. The fraction of sp³-hybridized carbons (Fsp3) is 0.200. The lowest BCUT2D eigenvalue weighted by molar-refractivity contribution is 0.469. The normalized spacial score (nSPS) is 17.2. The summed E-state index contributed by atoms with van der Waals surface area (Å²) >= 11 is 5.89. The van der Waals surface area contributed by atoms with Crippen molar-refractivity contribution in [2.45, 2.75) is 18.9 Å². The van der Waals surface area contributed by atoms with Crippen LogP contribution >= 0.6 is 11.6 Å². The molecule has 4 heteroatoms. The Morgan fingerprint density at radius 1 is 1.11 bits per heavy atom. The molecule has 0 bridgehead atoms. The Balaban J connectivity index is 1.86. The fourth-order valence-electron chi connectivity index (χ4n) is 2.58. The largest absolute Gasteiger partial charge is 0.508 e. The minimum absolute atomic E-state index is 0.0803. The highest BCUT2D eigenvalue weighted by molar-refractivity contribution is 6.32. The lowest BCUT2D eigenvalue weighted by atomic mass is 10.1. The van der Waals surface area contributed by atoms with Crippen LogP contribution in [0.15, 0.2) is 36.4 Å². The van der Waals surface area contributed by atoms with Gasteiger partial charge in [0.25, 0.3) is 0 Å². The summed E-state index contributed by atoms with van der Waals surface area (Å²) in [5, 5.41) is 22.9. The van der Waals surface area contributed by atoms with Crippen molar-refractivity contribution in [2.24, 2.45) is 0 Å². The van der Waals surface area contributed by atoms with Gasteiger partial charge in [0.1, 0.15) is 11.5 Å². The number of anilines is 1. The molecule has 3 nitrogen and oxygen atoms in total. The van der Waals surface area contributed by atoms with E-state index in [4.69, 9.17) is 11.6 Å². The SMILES string of the molecule is Oc1ccc(NC2CCc3c(O)cccc32)cc1Cl. The lowest BCUT2D eigenvalue weighted by Gasteiger charge is -2.16. The highest BCUT2D eigenvalue weighted by Crippen LogP contribution is 2.38. The van der Waals surface area contributed by atoms with Crippen molar-refractivity contribution in [3.8, 4) is 11.5 Å². The topological polar surface area (TPSA) is 52.5 Å². The number of halogens is 1. The van der Waals surface area contributed by atoms with Gasteiger partial charge in [-0.3, -0.25) is 0 Å². The van der Waals surface area contributed by atoms with Crippen molar-refractivity contribution in [3.05, 3.63) is 52.5 Å².